The fourth-order valence-electron chi connectivity index (χ4n) is 2.27. The number of hydrogen-bond donors (Lipinski definition) is 1. The molecule has 1 aromatic rings. The Balaban J connectivity index is 3.10. The highest BCUT2D eigenvalue weighted by atomic mass is 16.4. The van der Waals surface area contributed by atoms with Crippen molar-refractivity contribution in [1.82, 2.24) is 0 Å². The van der Waals surface area contributed by atoms with Crippen molar-refractivity contribution >= 4 is 17.6 Å². The summed E-state index contributed by atoms with van der Waals surface area (Å²) in [5.74, 6) is -1.27. The molecule has 0 saturated heterocycles. The number of rotatable bonds is 6. The van der Waals surface area contributed by atoms with E-state index in [9.17, 15) is 9.59 Å². The number of carbonyl (C=O) groups is 2. The number of aliphatic carboxylic acids is 1. The van der Waals surface area contributed by atoms with Gasteiger partial charge in [-0.05, 0) is 43.0 Å². The first-order valence-corrected chi connectivity index (χ1v) is 7.32. The molecule has 0 saturated carbocycles. The molecule has 0 radical (unpaired) electrons. The second-order valence-electron chi connectivity index (χ2n) is 6.19. The van der Waals surface area contributed by atoms with Gasteiger partial charge in [-0.2, -0.15) is 0 Å². The van der Waals surface area contributed by atoms with Crippen LogP contribution < -0.4 is 4.90 Å². The maximum atomic E-state index is 12.5. The van der Waals surface area contributed by atoms with Gasteiger partial charge in [-0.15, -0.1) is 0 Å². The van der Waals surface area contributed by atoms with Crippen LogP contribution in [0.2, 0.25) is 0 Å². The van der Waals surface area contributed by atoms with Crippen LogP contribution in [0.4, 0.5) is 5.69 Å². The SMILES string of the molecule is Cc1cc(C)cc(N(CC(C)C(=O)O)C(=O)CC(C)C)c1. The quantitative estimate of drug-likeness (QED) is 0.874. The third-order valence-corrected chi connectivity index (χ3v) is 3.28. The van der Waals surface area contributed by atoms with E-state index in [4.69, 9.17) is 5.11 Å². The van der Waals surface area contributed by atoms with Crippen LogP contribution in [0.5, 0.6) is 0 Å². The molecule has 21 heavy (non-hydrogen) atoms. The Morgan fingerprint density at radius 3 is 2.05 bits per heavy atom. The summed E-state index contributed by atoms with van der Waals surface area (Å²) in [5, 5.41) is 9.11. The van der Waals surface area contributed by atoms with Crippen LogP contribution in [-0.2, 0) is 9.59 Å². The molecule has 4 heteroatoms. The van der Waals surface area contributed by atoms with Crippen molar-refractivity contribution in [3.63, 3.8) is 0 Å². The van der Waals surface area contributed by atoms with Gasteiger partial charge in [-0.25, -0.2) is 0 Å². The minimum absolute atomic E-state index is 0.0249. The molecule has 116 valence electrons. The van der Waals surface area contributed by atoms with E-state index < -0.39 is 11.9 Å². The number of amides is 1. The van der Waals surface area contributed by atoms with Gasteiger partial charge >= 0.3 is 5.97 Å². The molecule has 0 bridgehead atoms. The first-order chi connectivity index (χ1) is 9.70. The summed E-state index contributed by atoms with van der Waals surface area (Å²) in [5.41, 5.74) is 2.91. The summed E-state index contributed by atoms with van der Waals surface area (Å²) < 4.78 is 0. The van der Waals surface area contributed by atoms with Crippen LogP contribution in [0.15, 0.2) is 18.2 Å². The molecule has 0 fully saturated rings. The highest BCUT2D eigenvalue weighted by molar-refractivity contribution is 5.94. The van der Waals surface area contributed by atoms with Gasteiger partial charge in [0.05, 0.1) is 5.92 Å². The van der Waals surface area contributed by atoms with Crippen LogP contribution in [0.25, 0.3) is 0 Å². The predicted octanol–water partition coefficient (Wildman–Crippen LogP) is 3.40. The Hall–Kier alpha value is -1.84. The molecule has 1 N–H and O–H groups in total. The van der Waals surface area contributed by atoms with E-state index in [0.717, 1.165) is 16.8 Å². The van der Waals surface area contributed by atoms with Crippen molar-refractivity contribution in [3.05, 3.63) is 29.3 Å². The van der Waals surface area contributed by atoms with Crippen molar-refractivity contribution in [2.45, 2.75) is 41.0 Å². The normalized spacial score (nSPS) is 12.3. The molecule has 0 aliphatic heterocycles. The molecule has 4 nitrogen and oxygen atoms in total. The molecule has 0 heterocycles. The highest BCUT2D eigenvalue weighted by Crippen LogP contribution is 2.22. The number of carboxylic acid groups (broad SMARTS) is 1. The number of anilines is 1. The molecule has 1 aromatic carbocycles. The molecule has 0 aliphatic rings. The average molecular weight is 291 g/mol. The fourth-order valence-corrected chi connectivity index (χ4v) is 2.27. The molecule has 1 rings (SSSR count). The fraction of sp³-hybridized carbons (Fsp3) is 0.529. The molecule has 0 aromatic heterocycles. The minimum Gasteiger partial charge on any atom is -0.481 e. The summed E-state index contributed by atoms with van der Waals surface area (Å²) in [7, 11) is 0. The zero-order chi connectivity index (χ0) is 16.2. The Kier molecular flexibility index (Phi) is 5.94. The lowest BCUT2D eigenvalue weighted by molar-refractivity contribution is -0.140. The summed E-state index contributed by atoms with van der Waals surface area (Å²) in [6.07, 6.45) is 0.416. The zero-order valence-electron chi connectivity index (χ0n) is 13.5. The van der Waals surface area contributed by atoms with Crippen molar-refractivity contribution in [1.29, 1.82) is 0 Å². The molecular weight excluding hydrogens is 266 g/mol. The predicted molar refractivity (Wildman–Crippen MR) is 84.5 cm³/mol. The number of benzene rings is 1. The van der Waals surface area contributed by atoms with E-state index in [-0.39, 0.29) is 18.4 Å². The highest BCUT2D eigenvalue weighted by Gasteiger charge is 2.22. The zero-order valence-corrected chi connectivity index (χ0v) is 13.5. The van der Waals surface area contributed by atoms with Crippen molar-refractivity contribution in [2.75, 3.05) is 11.4 Å². The van der Waals surface area contributed by atoms with Gasteiger partial charge in [-0.1, -0.05) is 26.8 Å². The van der Waals surface area contributed by atoms with E-state index in [1.807, 2.05) is 45.9 Å². The van der Waals surface area contributed by atoms with Gasteiger partial charge < -0.3 is 10.0 Å². The van der Waals surface area contributed by atoms with Gasteiger partial charge in [-0.3, -0.25) is 9.59 Å². The van der Waals surface area contributed by atoms with Gasteiger partial charge in [0.2, 0.25) is 5.91 Å². The Morgan fingerprint density at radius 1 is 1.10 bits per heavy atom. The monoisotopic (exact) mass is 291 g/mol. The maximum absolute atomic E-state index is 12.5. The first-order valence-electron chi connectivity index (χ1n) is 7.32. The molecular formula is C17H25NO3. The summed E-state index contributed by atoms with van der Waals surface area (Å²) in [6, 6.07) is 5.90. The summed E-state index contributed by atoms with van der Waals surface area (Å²) >= 11 is 0. The minimum atomic E-state index is -0.887. The van der Waals surface area contributed by atoms with Crippen molar-refractivity contribution < 1.29 is 14.7 Å². The van der Waals surface area contributed by atoms with Gasteiger partial charge in [0, 0.05) is 18.7 Å². The van der Waals surface area contributed by atoms with Crippen molar-refractivity contribution in [2.24, 2.45) is 11.8 Å². The lowest BCUT2D eigenvalue weighted by Crippen LogP contribution is -2.37. The van der Waals surface area contributed by atoms with Gasteiger partial charge in [0.25, 0.3) is 0 Å². The molecule has 1 unspecified atom stereocenters. The van der Waals surface area contributed by atoms with Crippen LogP contribution in [-0.4, -0.2) is 23.5 Å². The van der Waals surface area contributed by atoms with E-state index >= 15 is 0 Å². The number of nitrogens with zero attached hydrogens (tertiary/aromatic N) is 1. The van der Waals surface area contributed by atoms with Crippen LogP contribution in [0.1, 0.15) is 38.3 Å². The van der Waals surface area contributed by atoms with Gasteiger partial charge in [0.1, 0.15) is 0 Å². The Bertz CT molecular complexity index is 503. The number of carboxylic acids is 1. The Labute approximate surface area is 126 Å². The summed E-state index contributed by atoms with van der Waals surface area (Å²) in [6.45, 7) is 9.74. The van der Waals surface area contributed by atoms with E-state index in [0.29, 0.717) is 6.42 Å². The number of hydrogen-bond acceptors (Lipinski definition) is 2. The second kappa shape index (κ2) is 7.25. The largest absolute Gasteiger partial charge is 0.481 e. The Morgan fingerprint density at radius 2 is 1.62 bits per heavy atom. The van der Waals surface area contributed by atoms with Crippen LogP contribution in [0.3, 0.4) is 0 Å². The number of carbonyl (C=O) groups excluding carboxylic acids is 1. The molecule has 1 atom stereocenters. The standard InChI is InChI=1S/C17H25NO3/c1-11(2)6-16(19)18(10-14(5)17(20)21)15-8-12(3)7-13(4)9-15/h7-9,11,14H,6,10H2,1-5H3,(H,20,21). The number of aryl methyl sites for hydroxylation is 2. The average Bonchev–Trinajstić information content (AvgIpc) is 2.32. The first kappa shape index (κ1) is 17.2. The molecule has 0 aliphatic carbocycles. The van der Waals surface area contributed by atoms with E-state index in [1.165, 1.54) is 0 Å². The maximum Gasteiger partial charge on any atom is 0.308 e. The van der Waals surface area contributed by atoms with Crippen LogP contribution in [0, 0.1) is 25.7 Å². The van der Waals surface area contributed by atoms with E-state index in [1.54, 1.807) is 11.8 Å². The topological polar surface area (TPSA) is 57.6 Å². The summed E-state index contributed by atoms with van der Waals surface area (Å²) in [4.78, 5) is 25.2. The van der Waals surface area contributed by atoms with E-state index in [2.05, 4.69) is 0 Å². The third-order valence-electron chi connectivity index (χ3n) is 3.28. The molecule has 1 amide bonds. The molecule has 0 spiro atoms. The smallest absolute Gasteiger partial charge is 0.308 e. The van der Waals surface area contributed by atoms with Crippen molar-refractivity contribution in [3.8, 4) is 0 Å². The lowest BCUT2D eigenvalue weighted by Gasteiger charge is -2.26. The lowest BCUT2D eigenvalue weighted by atomic mass is 10.1. The van der Waals surface area contributed by atoms with Crippen LogP contribution >= 0.6 is 0 Å². The van der Waals surface area contributed by atoms with Gasteiger partial charge in [0.15, 0.2) is 0 Å². The second-order valence-corrected chi connectivity index (χ2v) is 6.19. The third kappa shape index (κ3) is 5.21.